The average molecular weight is 454 g/mol. The molecular weight excluding hydrogens is 434 g/mol. The summed E-state index contributed by atoms with van der Waals surface area (Å²) in [6.45, 7) is 2.26. The predicted octanol–water partition coefficient (Wildman–Crippen LogP) is 5.28. The van der Waals surface area contributed by atoms with Crippen LogP contribution in [0.4, 0.5) is 5.69 Å². The van der Waals surface area contributed by atoms with E-state index in [1.165, 1.54) is 0 Å². The third-order valence-electron chi connectivity index (χ3n) is 3.96. The van der Waals surface area contributed by atoms with Gasteiger partial charge in [0.25, 0.3) is 0 Å². The van der Waals surface area contributed by atoms with Gasteiger partial charge in [-0.1, -0.05) is 29.8 Å². The molecule has 158 valence electrons. The first-order valence-electron chi connectivity index (χ1n) is 9.45. The first-order valence-corrected chi connectivity index (χ1v) is 10.2. The number of para-hydroxylation sites is 1. The van der Waals surface area contributed by atoms with E-state index in [2.05, 4.69) is 15.8 Å². The number of rotatable bonds is 7. The molecule has 0 bridgehead atoms. The number of carbonyl (C=O) groups is 1. The summed E-state index contributed by atoms with van der Waals surface area (Å²) < 4.78 is 11.1. The first-order chi connectivity index (χ1) is 15.0. The lowest BCUT2D eigenvalue weighted by molar-refractivity contribution is 0.0728. The summed E-state index contributed by atoms with van der Waals surface area (Å²) in [4.78, 5) is 12.4. The van der Waals surface area contributed by atoms with Gasteiger partial charge in [0.1, 0.15) is 0 Å². The molecule has 0 saturated heterocycles. The fourth-order valence-electron chi connectivity index (χ4n) is 2.55. The van der Waals surface area contributed by atoms with Gasteiger partial charge in [-0.15, -0.1) is 0 Å². The maximum absolute atomic E-state index is 12.4. The lowest BCUT2D eigenvalue weighted by Gasteiger charge is -2.11. The van der Waals surface area contributed by atoms with Crippen molar-refractivity contribution in [3.63, 3.8) is 0 Å². The second-order valence-electron chi connectivity index (χ2n) is 6.23. The Hall–Kier alpha value is -3.42. The summed E-state index contributed by atoms with van der Waals surface area (Å²) in [5.74, 6) is 0.241. The summed E-state index contributed by atoms with van der Waals surface area (Å²) in [7, 11) is 0. The standard InChI is InChI=1S/C23H20ClN3O3S/c1-2-29-21-14-16(15-25-27-23(31)26-19-6-4-3-5-7-19)8-13-20(21)30-22(28)17-9-11-18(24)12-10-17/h3-15H,2H2,1H3,(H2,26,27,31). The van der Waals surface area contributed by atoms with Gasteiger partial charge in [-0.25, -0.2) is 4.79 Å². The highest BCUT2D eigenvalue weighted by molar-refractivity contribution is 7.80. The maximum Gasteiger partial charge on any atom is 0.343 e. The third kappa shape index (κ3) is 6.80. The second kappa shape index (κ2) is 11.1. The van der Waals surface area contributed by atoms with Crippen molar-refractivity contribution in [2.24, 2.45) is 5.10 Å². The number of hydrogen-bond donors (Lipinski definition) is 2. The number of nitrogens with zero attached hydrogens (tertiary/aromatic N) is 1. The fraction of sp³-hybridized carbons (Fsp3) is 0.0870. The number of hydrogen-bond acceptors (Lipinski definition) is 5. The van der Waals surface area contributed by atoms with E-state index < -0.39 is 5.97 Å². The van der Waals surface area contributed by atoms with Crippen LogP contribution in [0.5, 0.6) is 11.5 Å². The molecule has 0 aromatic heterocycles. The first kappa shape index (κ1) is 22.3. The van der Waals surface area contributed by atoms with Crippen molar-refractivity contribution >= 4 is 46.8 Å². The van der Waals surface area contributed by atoms with Crippen molar-refractivity contribution in [3.05, 3.63) is 88.9 Å². The minimum Gasteiger partial charge on any atom is -0.490 e. The molecule has 0 aliphatic heterocycles. The lowest BCUT2D eigenvalue weighted by atomic mass is 10.2. The molecule has 0 aliphatic rings. The van der Waals surface area contributed by atoms with Crippen LogP contribution in [0.1, 0.15) is 22.8 Å². The largest absolute Gasteiger partial charge is 0.490 e. The second-order valence-corrected chi connectivity index (χ2v) is 7.07. The Morgan fingerprint density at radius 1 is 1.06 bits per heavy atom. The molecule has 0 fully saturated rings. The number of carbonyl (C=O) groups excluding carboxylic acids is 1. The third-order valence-corrected chi connectivity index (χ3v) is 4.41. The Morgan fingerprint density at radius 3 is 2.52 bits per heavy atom. The van der Waals surface area contributed by atoms with Crippen molar-refractivity contribution in [3.8, 4) is 11.5 Å². The van der Waals surface area contributed by atoms with Crippen LogP contribution in [0.3, 0.4) is 0 Å². The topological polar surface area (TPSA) is 71.9 Å². The average Bonchev–Trinajstić information content (AvgIpc) is 2.77. The Balaban J connectivity index is 1.65. The van der Waals surface area contributed by atoms with E-state index in [-0.39, 0.29) is 0 Å². The molecule has 0 radical (unpaired) electrons. The summed E-state index contributed by atoms with van der Waals surface area (Å²) in [5, 5.41) is 8.06. The van der Waals surface area contributed by atoms with Crippen molar-refractivity contribution in [2.75, 3.05) is 11.9 Å². The Bertz CT molecular complexity index is 1070. The number of thiocarbonyl (C=S) groups is 1. The number of hydrazone groups is 1. The smallest absolute Gasteiger partial charge is 0.343 e. The Morgan fingerprint density at radius 2 is 1.81 bits per heavy atom. The normalized spacial score (nSPS) is 10.5. The number of esters is 1. The van der Waals surface area contributed by atoms with Gasteiger partial charge in [-0.3, -0.25) is 5.43 Å². The molecule has 3 aromatic carbocycles. The van der Waals surface area contributed by atoms with Crippen LogP contribution in [0, 0.1) is 0 Å². The van der Waals surface area contributed by atoms with Gasteiger partial charge < -0.3 is 14.8 Å². The van der Waals surface area contributed by atoms with Gasteiger partial charge in [0.05, 0.1) is 18.4 Å². The highest BCUT2D eigenvalue weighted by Gasteiger charge is 2.13. The van der Waals surface area contributed by atoms with Gasteiger partial charge in [-0.2, -0.15) is 5.10 Å². The van der Waals surface area contributed by atoms with Crippen LogP contribution < -0.4 is 20.2 Å². The summed E-state index contributed by atoms with van der Waals surface area (Å²) in [6.07, 6.45) is 1.59. The number of anilines is 1. The molecule has 0 spiro atoms. The quantitative estimate of drug-likeness (QED) is 0.167. The van der Waals surface area contributed by atoms with E-state index in [1.807, 2.05) is 37.3 Å². The van der Waals surface area contributed by atoms with Gasteiger partial charge in [0.2, 0.25) is 0 Å². The molecule has 8 heteroatoms. The van der Waals surface area contributed by atoms with Crippen LogP contribution in [-0.2, 0) is 0 Å². The molecule has 0 atom stereocenters. The number of ether oxygens (including phenoxy) is 2. The zero-order valence-corrected chi connectivity index (χ0v) is 18.2. The molecule has 0 aliphatic carbocycles. The molecule has 2 N–H and O–H groups in total. The molecule has 3 aromatic rings. The van der Waals surface area contributed by atoms with Gasteiger partial charge in [0.15, 0.2) is 16.6 Å². The van der Waals surface area contributed by atoms with Gasteiger partial charge in [-0.05, 0) is 79.3 Å². The molecule has 6 nitrogen and oxygen atoms in total. The van der Waals surface area contributed by atoms with Crippen molar-refractivity contribution in [1.29, 1.82) is 0 Å². The summed E-state index contributed by atoms with van der Waals surface area (Å²) >= 11 is 11.1. The zero-order chi connectivity index (χ0) is 22.1. The van der Waals surface area contributed by atoms with Gasteiger partial charge in [0, 0.05) is 10.7 Å². The molecule has 0 saturated carbocycles. The van der Waals surface area contributed by atoms with E-state index in [4.69, 9.17) is 33.3 Å². The zero-order valence-electron chi connectivity index (χ0n) is 16.7. The number of nitrogens with one attached hydrogen (secondary N) is 2. The van der Waals surface area contributed by atoms with E-state index in [1.54, 1.807) is 48.7 Å². The van der Waals surface area contributed by atoms with E-state index in [0.717, 1.165) is 11.3 Å². The van der Waals surface area contributed by atoms with Crippen LogP contribution in [0.2, 0.25) is 5.02 Å². The number of benzene rings is 3. The summed E-state index contributed by atoms with van der Waals surface area (Å²) in [5.41, 5.74) is 4.75. The minimum atomic E-state index is -0.502. The van der Waals surface area contributed by atoms with Crippen LogP contribution >= 0.6 is 23.8 Å². The van der Waals surface area contributed by atoms with Crippen molar-refractivity contribution in [1.82, 2.24) is 5.43 Å². The van der Waals surface area contributed by atoms with Crippen molar-refractivity contribution < 1.29 is 14.3 Å². The molecule has 3 rings (SSSR count). The highest BCUT2D eigenvalue weighted by Crippen LogP contribution is 2.29. The van der Waals surface area contributed by atoms with Gasteiger partial charge >= 0.3 is 5.97 Å². The van der Waals surface area contributed by atoms with Crippen LogP contribution in [0.25, 0.3) is 0 Å². The van der Waals surface area contributed by atoms with E-state index in [9.17, 15) is 4.79 Å². The monoisotopic (exact) mass is 453 g/mol. The van der Waals surface area contributed by atoms with Crippen LogP contribution in [0.15, 0.2) is 77.9 Å². The molecule has 0 amide bonds. The Labute approximate surface area is 190 Å². The lowest BCUT2D eigenvalue weighted by Crippen LogP contribution is -2.23. The van der Waals surface area contributed by atoms with Crippen LogP contribution in [-0.4, -0.2) is 23.9 Å². The molecular formula is C23H20ClN3O3S. The fourth-order valence-corrected chi connectivity index (χ4v) is 2.84. The molecule has 0 heterocycles. The highest BCUT2D eigenvalue weighted by atomic mass is 35.5. The van der Waals surface area contributed by atoms with E-state index >= 15 is 0 Å². The van der Waals surface area contributed by atoms with E-state index in [0.29, 0.717) is 33.8 Å². The summed E-state index contributed by atoms with van der Waals surface area (Å²) in [6, 6.07) is 21.1. The Kier molecular flexibility index (Phi) is 7.98. The SMILES string of the molecule is CCOc1cc(C=NNC(=S)Nc2ccccc2)ccc1OC(=O)c1ccc(Cl)cc1. The maximum atomic E-state index is 12.4. The predicted molar refractivity (Wildman–Crippen MR) is 127 cm³/mol. The minimum absolute atomic E-state index is 0.313. The number of halogens is 1. The molecule has 0 unspecified atom stereocenters. The van der Waals surface area contributed by atoms with Crippen molar-refractivity contribution in [2.45, 2.75) is 6.92 Å². The molecule has 31 heavy (non-hydrogen) atoms.